The molecule has 6 nitrogen and oxygen atoms in total. The molecule has 2 aromatic carbocycles. The molecule has 0 aliphatic carbocycles. The Bertz CT molecular complexity index is 989. The molecule has 0 saturated carbocycles. The third kappa shape index (κ3) is 5.99. The van der Waals surface area contributed by atoms with Crippen LogP contribution in [0, 0.1) is 0 Å². The lowest BCUT2D eigenvalue weighted by molar-refractivity contribution is -0.125. The van der Waals surface area contributed by atoms with Gasteiger partial charge in [0.25, 0.3) is 0 Å². The number of halogens is 2. The number of carbonyl (C=O) groups excluding carboxylic acids is 2. The standard InChI is InChI=1S/C25H29Cl2NO5/c1-3-5-12-33-22-9-7-18(16-19(22)23(29)32-4-2)28-24(30)25(10-13-31-14-11-25)20-8-6-17(26)15-21(20)27/h6-9,15-16H,3-5,10-14H2,1-2H3,(H,28,30). The van der Waals surface area contributed by atoms with Crippen LogP contribution in [-0.4, -0.2) is 38.3 Å². The Labute approximate surface area is 204 Å². The number of nitrogens with one attached hydrogen (secondary N) is 1. The fourth-order valence-electron chi connectivity index (χ4n) is 3.90. The van der Waals surface area contributed by atoms with Crippen molar-refractivity contribution in [3.05, 3.63) is 57.6 Å². The SMILES string of the molecule is CCCCOc1ccc(NC(=O)C2(c3ccc(Cl)cc3Cl)CCOCC2)cc1C(=O)OCC. The summed E-state index contributed by atoms with van der Waals surface area (Å²) in [6.45, 7) is 5.41. The smallest absolute Gasteiger partial charge is 0.341 e. The van der Waals surface area contributed by atoms with Crippen LogP contribution in [-0.2, 0) is 19.7 Å². The first-order valence-corrected chi connectivity index (χ1v) is 12.0. The maximum Gasteiger partial charge on any atom is 0.341 e. The van der Waals surface area contributed by atoms with E-state index in [9.17, 15) is 9.59 Å². The van der Waals surface area contributed by atoms with Crippen molar-refractivity contribution >= 4 is 40.8 Å². The fraction of sp³-hybridized carbons (Fsp3) is 0.440. The van der Waals surface area contributed by atoms with E-state index in [0.717, 1.165) is 12.8 Å². The van der Waals surface area contributed by atoms with Crippen molar-refractivity contribution in [3.8, 4) is 5.75 Å². The predicted molar refractivity (Wildman–Crippen MR) is 130 cm³/mol. The van der Waals surface area contributed by atoms with Crippen LogP contribution in [0.3, 0.4) is 0 Å². The summed E-state index contributed by atoms with van der Waals surface area (Å²) in [5.74, 6) is -0.285. The Morgan fingerprint density at radius 1 is 1.09 bits per heavy atom. The number of ether oxygens (including phenoxy) is 3. The minimum Gasteiger partial charge on any atom is -0.493 e. The maximum absolute atomic E-state index is 13.6. The highest BCUT2D eigenvalue weighted by molar-refractivity contribution is 6.35. The van der Waals surface area contributed by atoms with Gasteiger partial charge in [-0.15, -0.1) is 0 Å². The average molecular weight is 494 g/mol. The normalized spacial score (nSPS) is 15.0. The number of unbranched alkanes of at least 4 members (excludes halogenated alkanes) is 1. The summed E-state index contributed by atoms with van der Waals surface area (Å²) in [7, 11) is 0. The summed E-state index contributed by atoms with van der Waals surface area (Å²) < 4.78 is 16.5. The molecule has 1 fully saturated rings. The number of esters is 1. The van der Waals surface area contributed by atoms with E-state index < -0.39 is 11.4 Å². The van der Waals surface area contributed by atoms with Gasteiger partial charge in [-0.1, -0.05) is 42.6 Å². The Morgan fingerprint density at radius 3 is 2.52 bits per heavy atom. The zero-order valence-corrected chi connectivity index (χ0v) is 20.4. The van der Waals surface area contributed by atoms with E-state index in [1.54, 1.807) is 43.3 Å². The second-order valence-electron chi connectivity index (χ2n) is 7.91. The number of hydrogen-bond acceptors (Lipinski definition) is 5. The van der Waals surface area contributed by atoms with Crippen LogP contribution in [0.15, 0.2) is 36.4 Å². The Kier molecular flexibility index (Phi) is 9.01. The van der Waals surface area contributed by atoms with Crippen molar-refractivity contribution in [3.63, 3.8) is 0 Å². The van der Waals surface area contributed by atoms with Crippen LogP contribution < -0.4 is 10.1 Å². The highest BCUT2D eigenvalue weighted by atomic mass is 35.5. The van der Waals surface area contributed by atoms with E-state index in [2.05, 4.69) is 12.2 Å². The van der Waals surface area contributed by atoms with Crippen molar-refractivity contribution in [2.75, 3.05) is 31.7 Å². The van der Waals surface area contributed by atoms with Gasteiger partial charge < -0.3 is 19.5 Å². The van der Waals surface area contributed by atoms with E-state index >= 15 is 0 Å². The average Bonchev–Trinajstić information content (AvgIpc) is 2.80. The van der Waals surface area contributed by atoms with E-state index in [4.69, 9.17) is 37.4 Å². The summed E-state index contributed by atoms with van der Waals surface area (Å²) in [5, 5.41) is 3.92. The molecule has 1 aliphatic rings. The molecule has 1 aliphatic heterocycles. The molecule has 8 heteroatoms. The van der Waals surface area contributed by atoms with Gasteiger partial charge in [0.1, 0.15) is 11.3 Å². The van der Waals surface area contributed by atoms with Crippen LogP contribution in [0.4, 0.5) is 5.69 Å². The third-order valence-electron chi connectivity index (χ3n) is 5.72. The number of amides is 1. The molecular weight excluding hydrogens is 465 g/mol. The lowest BCUT2D eigenvalue weighted by Gasteiger charge is -2.37. The number of anilines is 1. The Hall–Kier alpha value is -2.28. The van der Waals surface area contributed by atoms with E-state index in [0.29, 0.717) is 59.7 Å². The molecule has 1 heterocycles. The van der Waals surface area contributed by atoms with Gasteiger partial charge in [0.05, 0.1) is 18.6 Å². The highest BCUT2D eigenvalue weighted by Crippen LogP contribution is 2.41. The summed E-state index contributed by atoms with van der Waals surface area (Å²) in [6, 6.07) is 10.2. The van der Waals surface area contributed by atoms with Crippen molar-refractivity contribution < 1.29 is 23.8 Å². The first kappa shape index (κ1) is 25.3. The zero-order chi connectivity index (χ0) is 23.8. The van der Waals surface area contributed by atoms with Crippen molar-refractivity contribution in [1.82, 2.24) is 0 Å². The molecule has 0 unspecified atom stereocenters. The molecule has 0 bridgehead atoms. The van der Waals surface area contributed by atoms with Gasteiger partial charge in [-0.25, -0.2) is 4.79 Å². The molecule has 0 spiro atoms. The lowest BCUT2D eigenvalue weighted by atomic mass is 9.73. The van der Waals surface area contributed by atoms with E-state index in [1.165, 1.54) is 0 Å². The molecule has 178 valence electrons. The molecule has 2 aromatic rings. The first-order chi connectivity index (χ1) is 15.9. The topological polar surface area (TPSA) is 73.9 Å². The molecule has 3 rings (SSSR count). The van der Waals surface area contributed by atoms with Crippen LogP contribution >= 0.6 is 23.2 Å². The summed E-state index contributed by atoms with van der Waals surface area (Å²) in [5.41, 5.74) is 0.581. The van der Waals surface area contributed by atoms with Crippen LogP contribution in [0.25, 0.3) is 0 Å². The van der Waals surface area contributed by atoms with Gasteiger partial charge in [0.2, 0.25) is 5.91 Å². The molecule has 33 heavy (non-hydrogen) atoms. The lowest BCUT2D eigenvalue weighted by Crippen LogP contribution is -2.45. The summed E-state index contributed by atoms with van der Waals surface area (Å²) in [4.78, 5) is 26.2. The molecule has 1 N–H and O–H groups in total. The van der Waals surface area contributed by atoms with Crippen LogP contribution in [0.2, 0.25) is 10.0 Å². The molecule has 1 amide bonds. The van der Waals surface area contributed by atoms with Gasteiger partial charge in [0, 0.05) is 28.9 Å². The molecule has 0 aromatic heterocycles. The van der Waals surface area contributed by atoms with E-state index in [1.807, 2.05) is 0 Å². The van der Waals surface area contributed by atoms with Gasteiger partial charge >= 0.3 is 5.97 Å². The zero-order valence-electron chi connectivity index (χ0n) is 18.9. The third-order valence-corrected chi connectivity index (χ3v) is 6.26. The van der Waals surface area contributed by atoms with Crippen molar-refractivity contribution in [2.45, 2.75) is 44.9 Å². The van der Waals surface area contributed by atoms with Crippen molar-refractivity contribution in [1.29, 1.82) is 0 Å². The van der Waals surface area contributed by atoms with Gasteiger partial charge in [-0.05, 0) is 62.1 Å². The molecule has 1 saturated heterocycles. The number of rotatable bonds is 9. The van der Waals surface area contributed by atoms with Crippen LogP contribution in [0.5, 0.6) is 5.75 Å². The first-order valence-electron chi connectivity index (χ1n) is 11.2. The summed E-state index contributed by atoms with van der Waals surface area (Å²) in [6.07, 6.45) is 2.79. The second kappa shape index (κ2) is 11.7. The molecular formula is C25H29Cl2NO5. The monoisotopic (exact) mass is 493 g/mol. The Balaban J connectivity index is 1.91. The van der Waals surface area contributed by atoms with Crippen LogP contribution in [0.1, 0.15) is 55.5 Å². The largest absolute Gasteiger partial charge is 0.493 e. The number of carbonyl (C=O) groups is 2. The minimum absolute atomic E-state index is 0.218. The number of hydrogen-bond donors (Lipinski definition) is 1. The maximum atomic E-state index is 13.6. The van der Waals surface area contributed by atoms with Crippen molar-refractivity contribution in [2.24, 2.45) is 0 Å². The minimum atomic E-state index is -0.875. The van der Waals surface area contributed by atoms with E-state index in [-0.39, 0.29) is 18.1 Å². The van der Waals surface area contributed by atoms with Gasteiger partial charge in [-0.2, -0.15) is 0 Å². The highest BCUT2D eigenvalue weighted by Gasteiger charge is 2.43. The number of benzene rings is 2. The summed E-state index contributed by atoms with van der Waals surface area (Å²) >= 11 is 12.6. The molecule has 0 radical (unpaired) electrons. The quantitative estimate of drug-likeness (QED) is 0.340. The predicted octanol–water partition coefficient (Wildman–Crippen LogP) is 6.04. The fourth-order valence-corrected chi connectivity index (χ4v) is 4.48. The second-order valence-corrected chi connectivity index (χ2v) is 8.75. The van der Waals surface area contributed by atoms with Gasteiger partial charge in [-0.3, -0.25) is 4.79 Å². The Morgan fingerprint density at radius 2 is 1.85 bits per heavy atom. The van der Waals surface area contributed by atoms with Gasteiger partial charge in [0.15, 0.2) is 0 Å². The molecule has 0 atom stereocenters.